The van der Waals surface area contributed by atoms with Gasteiger partial charge in [-0.25, -0.2) is 0 Å². The van der Waals surface area contributed by atoms with Gasteiger partial charge in [-0.1, -0.05) is 34.5 Å². The minimum atomic E-state index is 0.288. The SMILES string of the molecule is Nc1nnc(COc2ccc(Cl)cc2Cl)s1. The Hall–Kier alpha value is -1.04. The lowest BCUT2D eigenvalue weighted by atomic mass is 10.3. The molecule has 0 bridgehead atoms. The molecule has 1 heterocycles. The summed E-state index contributed by atoms with van der Waals surface area (Å²) in [5.41, 5.74) is 5.44. The summed E-state index contributed by atoms with van der Waals surface area (Å²) in [6.45, 7) is 0.288. The Morgan fingerprint density at radius 2 is 2.12 bits per heavy atom. The van der Waals surface area contributed by atoms with Gasteiger partial charge in [0.2, 0.25) is 5.13 Å². The van der Waals surface area contributed by atoms with Gasteiger partial charge in [0, 0.05) is 5.02 Å². The molecule has 0 unspecified atom stereocenters. The van der Waals surface area contributed by atoms with Crippen molar-refractivity contribution < 1.29 is 4.74 Å². The average molecular weight is 276 g/mol. The number of nitrogens with zero attached hydrogens (tertiary/aromatic N) is 2. The monoisotopic (exact) mass is 275 g/mol. The van der Waals surface area contributed by atoms with E-state index in [2.05, 4.69) is 10.2 Å². The van der Waals surface area contributed by atoms with Crippen molar-refractivity contribution in [2.75, 3.05) is 5.73 Å². The van der Waals surface area contributed by atoms with Crippen molar-refractivity contribution in [1.29, 1.82) is 0 Å². The molecule has 2 rings (SSSR count). The highest BCUT2D eigenvalue weighted by atomic mass is 35.5. The molecule has 0 aliphatic heterocycles. The summed E-state index contributed by atoms with van der Waals surface area (Å²) in [5, 5.41) is 9.65. The van der Waals surface area contributed by atoms with Crippen LogP contribution < -0.4 is 10.5 Å². The van der Waals surface area contributed by atoms with E-state index in [-0.39, 0.29) is 6.61 Å². The lowest BCUT2D eigenvalue weighted by molar-refractivity contribution is 0.305. The van der Waals surface area contributed by atoms with Crippen molar-refractivity contribution in [1.82, 2.24) is 10.2 Å². The van der Waals surface area contributed by atoms with E-state index in [1.807, 2.05) is 0 Å². The second-order valence-electron chi connectivity index (χ2n) is 2.90. The van der Waals surface area contributed by atoms with E-state index >= 15 is 0 Å². The Morgan fingerprint density at radius 1 is 1.31 bits per heavy atom. The molecule has 0 saturated carbocycles. The zero-order valence-corrected chi connectivity index (χ0v) is 10.3. The molecule has 0 amide bonds. The molecule has 7 heteroatoms. The van der Waals surface area contributed by atoms with Crippen molar-refractivity contribution in [3.8, 4) is 5.75 Å². The Labute approximate surface area is 106 Å². The highest BCUT2D eigenvalue weighted by molar-refractivity contribution is 7.15. The summed E-state index contributed by atoms with van der Waals surface area (Å²) in [4.78, 5) is 0. The Morgan fingerprint density at radius 3 is 2.75 bits per heavy atom. The number of benzene rings is 1. The molecule has 2 N–H and O–H groups in total. The number of anilines is 1. The van der Waals surface area contributed by atoms with Gasteiger partial charge in [0.1, 0.15) is 12.4 Å². The summed E-state index contributed by atoms with van der Waals surface area (Å²) < 4.78 is 5.45. The average Bonchev–Trinajstić information content (AvgIpc) is 2.63. The first-order valence-corrected chi connectivity index (χ1v) is 5.88. The molecule has 0 atom stereocenters. The molecule has 2 aromatic rings. The molecule has 0 saturated heterocycles. The van der Waals surface area contributed by atoms with Crippen LogP contribution in [0.25, 0.3) is 0 Å². The second kappa shape index (κ2) is 4.86. The number of hydrogen-bond donors (Lipinski definition) is 1. The van der Waals surface area contributed by atoms with Gasteiger partial charge in [0.15, 0.2) is 5.01 Å². The van der Waals surface area contributed by atoms with Crippen LogP contribution in [0.4, 0.5) is 5.13 Å². The highest BCUT2D eigenvalue weighted by Crippen LogP contribution is 2.28. The normalized spacial score (nSPS) is 10.4. The van der Waals surface area contributed by atoms with E-state index < -0.39 is 0 Å². The molecule has 0 spiro atoms. The van der Waals surface area contributed by atoms with E-state index in [1.54, 1.807) is 18.2 Å². The topological polar surface area (TPSA) is 61.0 Å². The quantitative estimate of drug-likeness (QED) is 0.936. The first-order chi connectivity index (χ1) is 7.65. The Bertz CT molecular complexity index is 503. The zero-order valence-electron chi connectivity index (χ0n) is 7.98. The summed E-state index contributed by atoms with van der Waals surface area (Å²) in [5.74, 6) is 0.555. The lowest BCUT2D eigenvalue weighted by Crippen LogP contribution is -1.95. The summed E-state index contributed by atoms with van der Waals surface area (Å²) >= 11 is 13.0. The minimum absolute atomic E-state index is 0.288. The number of nitrogens with two attached hydrogens (primary N) is 1. The molecular formula is C9H7Cl2N3OS. The fourth-order valence-electron chi connectivity index (χ4n) is 1.06. The lowest BCUT2D eigenvalue weighted by Gasteiger charge is -2.05. The van der Waals surface area contributed by atoms with Gasteiger partial charge in [-0.05, 0) is 18.2 Å². The van der Waals surface area contributed by atoms with Crippen LogP contribution in [0.5, 0.6) is 5.75 Å². The third kappa shape index (κ3) is 2.75. The zero-order chi connectivity index (χ0) is 11.5. The van der Waals surface area contributed by atoms with E-state index in [1.165, 1.54) is 11.3 Å². The molecule has 84 valence electrons. The molecule has 0 aliphatic carbocycles. The number of halogens is 2. The summed E-state index contributed by atoms with van der Waals surface area (Å²) in [7, 11) is 0. The smallest absolute Gasteiger partial charge is 0.203 e. The van der Waals surface area contributed by atoms with Crippen LogP contribution in [-0.2, 0) is 6.61 Å². The van der Waals surface area contributed by atoms with Crippen LogP contribution in [0.2, 0.25) is 10.0 Å². The largest absolute Gasteiger partial charge is 0.485 e. The first kappa shape index (κ1) is 11.4. The molecule has 4 nitrogen and oxygen atoms in total. The molecule has 0 aliphatic rings. The van der Waals surface area contributed by atoms with Gasteiger partial charge in [-0.15, -0.1) is 10.2 Å². The number of ether oxygens (including phenoxy) is 1. The summed E-state index contributed by atoms with van der Waals surface area (Å²) in [6, 6.07) is 5.03. The van der Waals surface area contributed by atoms with Crippen molar-refractivity contribution in [2.24, 2.45) is 0 Å². The van der Waals surface area contributed by atoms with Gasteiger partial charge in [0.05, 0.1) is 5.02 Å². The van der Waals surface area contributed by atoms with Crippen LogP contribution >= 0.6 is 34.5 Å². The number of rotatable bonds is 3. The third-order valence-electron chi connectivity index (χ3n) is 1.73. The molecular weight excluding hydrogens is 269 g/mol. The van der Waals surface area contributed by atoms with Gasteiger partial charge in [-0.3, -0.25) is 0 Å². The van der Waals surface area contributed by atoms with Gasteiger partial charge in [-0.2, -0.15) is 0 Å². The maximum Gasteiger partial charge on any atom is 0.203 e. The third-order valence-corrected chi connectivity index (χ3v) is 2.98. The molecule has 1 aromatic heterocycles. The molecule has 1 aromatic carbocycles. The van der Waals surface area contributed by atoms with E-state index in [0.29, 0.717) is 25.9 Å². The van der Waals surface area contributed by atoms with E-state index in [9.17, 15) is 0 Å². The number of aromatic nitrogens is 2. The van der Waals surface area contributed by atoms with Gasteiger partial charge >= 0.3 is 0 Å². The van der Waals surface area contributed by atoms with Crippen LogP contribution in [0.15, 0.2) is 18.2 Å². The molecule has 0 radical (unpaired) electrons. The Kier molecular flexibility index (Phi) is 3.48. The van der Waals surface area contributed by atoms with Crippen molar-refractivity contribution in [2.45, 2.75) is 6.61 Å². The first-order valence-electron chi connectivity index (χ1n) is 4.31. The van der Waals surface area contributed by atoms with Crippen LogP contribution in [0.1, 0.15) is 5.01 Å². The standard InChI is InChI=1S/C9H7Cl2N3OS/c10-5-1-2-7(6(11)3-5)15-4-8-13-14-9(12)16-8/h1-3H,4H2,(H2,12,14). The van der Waals surface area contributed by atoms with Gasteiger partial charge in [0.25, 0.3) is 0 Å². The molecule has 16 heavy (non-hydrogen) atoms. The fraction of sp³-hybridized carbons (Fsp3) is 0.111. The van der Waals surface area contributed by atoms with Gasteiger partial charge < -0.3 is 10.5 Å². The fourth-order valence-corrected chi connectivity index (χ4v) is 2.04. The maximum atomic E-state index is 5.93. The molecule has 0 fully saturated rings. The second-order valence-corrected chi connectivity index (χ2v) is 4.83. The minimum Gasteiger partial charge on any atom is -0.485 e. The van der Waals surface area contributed by atoms with Crippen LogP contribution in [0, 0.1) is 0 Å². The van der Waals surface area contributed by atoms with Crippen molar-refractivity contribution in [3.05, 3.63) is 33.3 Å². The van der Waals surface area contributed by atoms with Crippen molar-refractivity contribution in [3.63, 3.8) is 0 Å². The summed E-state index contributed by atoms with van der Waals surface area (Å²) in [6.07, 6.45) is 0. The van der Waals surface area contributed by atoms with E-state index in [4.69, 9.17) is 33.7 Å². The highest BCUT2D eigenvalue weighted by Gasteiger charge is 2.05. The number of hydrogen-bond acceptors (Lipinski definition) is 5. The predicted octanol–water partition coefficient (Wildman–Crippen LogP) is 3.01. The van der Waals surface area contributed by atoms with E-state index in [0.717, 1.165) is 0 Å². The Balaban J connectivity index is 2.04. The maximum absolute atomic E-state index is 5.93. The number of nitrogen functional groups attached to an aromatic ring is 1. The van der Waals surface area contributed by atoms with Crippen LogP contribution in [-0.4, -0.2) is 10.2 Å². The van der Waals surface area contributed by atoms with Crippen LogP contribution in [0.3, 0.4) is 0 Å². The van der Waals surface area contributed by atoms with Crippen molar-refractivity contribution >= 4 is 39.7 Å². The predicted molar refractivity (Wildman–Crippen MR) is 65.1 cm³/mol.